The van der Waals surface area contributed by atoms with E-state index in [0.29, 0.717) is 58.5 Å². The van der Waals surface area contributed by atoms with E-state index in [1.165, 1.54) is 12.7 Å². The van der Waals surface area contributed by atoms with E-state index in [0.717, 1.165) is 63.2 Å². The Morgan fingerprint density at radius 2 is 1.06 bits per heavy atom. The third kappa shape index (κ3) is 18.3. The number of nitrogens with zero attached hydrogens (tertiary/aromatic N) is 4. The molecule has 4 atom stereocenters. The number of halogens is 3. The average molecular weight is 780 g/mol. The van der Waals surface area contributed by atoms with E-state index in [2.05, 4.69) is 40.0 Å². The Labute approximate surface area is 316 Å². The first-order valence-electron chi connectivity index (χ1n) is 16.8. The van der Waals surface area contributed by atoms with Gasteiger partial charge in [-0.1, -0.05) is 34.8 Å². The number of aliphatic hydroxyl groups excluding tert-OH is 1. The molecule has 4 aliphatic heterocycles. The van der Waals surface area contributed by atoms with Crippen molar-refractivity contribution >= 4 is 47.7 Å². The van der Waals surface area contributed by atoms with Crippen LogP contribution in [0.2, 0.25) is 15.5 Å². The van der Waals surface area contributed by atoms with Crippen molar-refractivity contribution in [2.24, 2.45) is 0 Å². The van der Waals surface area contributed by atoms with E-state index >= 15 is 0 Å². The normalized spacial score (nSPS) is 24.9. The van der Waals surface area contributed by atoms with Gasteiger partial charge in [0.05, 0.1) is 32.5 Å². The Balaban J connectivity index is 0.000000236. The van der Waals surface area contributed by atoms with Gasteiger partial charge in [-0.25, -0.2) is 19.9 Å². The molecule has 3 N–H and O–H groups in total. The Kier molecular flexibility index (Phi) is 19.2. The Hall–Kier alpha value is -2.43. The molecule has 6 rings (SSSR count). The van der Waals surface area contributed by atoms with E-state index in [1.807, 2.05) is 48.5 Å². The highest BCUT2D eigenvalue weighted by atomic mass is 35.5. The molecule has 6 heterocycles. The molecule has 0 aromatic carbocycles. The molecule has 4 unspecified atom stereocenters. The summed E-state index contributed by atoms with van der Waals surface area (Å²) in [7, 11) is 0. The zero-order valence-electron chi connectivity index (χ0n) is 30.7. The van der Waals surface area contributed by atoms with Crippen LogP contribution < -0.4 is 15.4 Å². The number of hydrogen-bond acceptors (Lipinski definition) is 14. The molecule has 4 fully saturated rings. The molecule has 0 radical (unpaired) electrons. The second-order valence-corrected chi connectivity index (χ2v) is 15.4. The number of carbonyl (C=O) groups excluding carboxylic acids is 2. The SMILES string of the molecule is CC(C)(C)OC=O.CC(C)(C)OC=O.Cc1c(Cl)ncnc1Cl.Cc1c(Cl)ncnc1OC1CC2COCC(C1)N2.OC1CC2COCC(C1)N2. The number of morpholine rings is 2. The number of hydrogen-bond donors (Lipinski definition) is 3. The molecule has 2 aromatic heterocycles. The summed E-state index contributed by atoms with van der Waals surface area (Å²) in [6, 6.07) is 1.59. The van der Waals surface area contributed by atoms with Crippen molar-refractivity contribution in [3.05, 3.63) is 39.2 Å². The molecule has 0 amide bonds. The number of piperidine rings is 2. The monoisotopic (exact) mass is 778 g/mol. The molecule has 0 saturated carbocycles. The zero-order valence-corrected chi connectivity index (χ0v) is 32.9. The van der Waals surface area contributed by atoms with Crippen LogP contribution in [0.25, 0.3) is 0 Å². The first kappa shape index (κ1) is 44.7. The van der Waals surface area contributed by atoms with Crippen molar-refractivity contribution in [3.8, 4) is 5.88 Å². The van der Waals surface area contributed by atoms with Crippen LogP contribution in [0, 0.1) is 13.8 Å². The predicted octanol–water partition coefficient (Wildman–Crippen LogP) is 4.84. The fourth-order valence-electron chi connectivity index (χ4n) is 5.08. The molecular weight excluding hydrogens is 727 g/mol. The van der Waals surface area contributed by atoms with Crippen LogP contribution >= 0.6 is 34.8 Å². The Bertz CT molecular complexity index is 1280. The zero-order chi connectivity index (χ0) is 38.2. The number of aliphatic hydroxyl groups is 1. The summed E-state index contributed by atoms with van der Waals surface area (Å²) in [5.74, 6) is 0.598. The molecule has 51 heavy (non-hydrogen) atoms. The molecule has 0 spiro atoms. The standard InChI is InChI=1S/C12H16ClN3O2.C7H13NO2.C5H4Cl2N2.2C5H10O2/c1-7-11(13)14-6-15-12(7)18-10-2-8-4-17-5-9(3-10)16-8;9-7-1-5-3-10-4-6(2-7)8-5;1-3-4(6)8-2-9-5(3)7;2*1-5(2,3)7-4-6/h6,8-10,16H,2-5H2,1H3;5-9H,1-4H2;2H,1H3;2*4H,1-3H3. The largest absolute Gasteiger partial charge is 0.474 e. The molecule has 4 bridgehead atoms. The summed E-state index contributed by atoms with van der Waals surface area (Å²) in [5.41, 5.74) is 0.892. The summed E-state index contributed by atoms with van der Waals surface area (Å²) in [4.78, 5) is 34.7. The van der Waals surface area contributed by atoms with Crippen LogP contribution in [-0.4, -0.2) is 112 Å². The first-order valence-corrected chi connectivity index (χ1v) is 17.9. The van der Waals surface area contributed by atoms with Crippen LogP contribution in [-0.2, 0) is 28.5 Å². The maximum absolute atomic E-state index is 9.60. The number of fused-ring (bicyclic) bond motifs is 4. The minimum absolute atomic E-state index is 0.0971. The van der Waals surface area contributed by atoms with Crippen LogP contribution in [0.1, 0.15) is 78.4 Å². The van der Waals surface area contributed by atoms with Crippen molar-refractivity contribution in [2.45, 2.75) is 129 Å². The number of aromatic nitrogens is 4. The van der Waals surface area contributed by atoms with E-state index < -0.39 is 0 Å². The van der Waals surface area contributed by atoms with Gasteiger partial charge in [0.15, 0.2) is 0 Å². The number of carbonyl (C=O) groups is 2. The van der Waals surface area contributed by atoms with Gasteiger partial charge in [0.1, 0.15) is 45.4 Å². The van der Waals surface area contributed by atoms with Gasteiger partial charge in [0.2, 0.25) is 5.88 Å². The molecule has 288 valence electrons. The smallest absolute Gasteiger partial charge is 0.293 e. The van der Waals surface area contributed by atoms with Crippen molar-refractivity contribution in [1.82, 2.24) is 30.6 Å². The quantitative estimate of drug-likeness (QED) is 0.284. The van der Waals surface area contributed by atoms with E-state index in [4.69, 9.17) is 49.0 Å². The topological polar surface area (TPSA) is 176 Å². The van der Waals surface area contributed by atoms with Crippen LogP contribution in [0.3, 0.4) is 0 Å². The van der Waals surface area contributed by atoms with Crippen LogP contribution in [0.4, 0.5) is 0 Å². The molecule has 14 nitrogen and oxygen atoms in total. The highest BCUT2D eigenvalue weighted by molar-refractivity contribution is 6.34. The van der Waals surface area contributed by atoms with E-state index in [9.17, 15) is 14.7 Å². The van der Waals surface area contributed by atoms with Gasteiger partial charge < -0.3 is 39.4 Å². The molecular formula is C34H53Cl3N6O8. The van der Waals surface area contributed by atoms with Gasteiger partial charge in [-0.3, -0.25) is 9.59 Å². The van der Waals surface area contributed by atoms with E-state index in [1.54, 1.807) is 6.92 Å². The van der Waals surface area contributed by atoms with Gasteiger partial charge in [-0.15, -0.1) is 0 Å². The Morgan fingerprint density at radius 3 is 1.41 bits per heavy atom. The van der Waals surface area contributed by atoms with Gasteiger partial charge in [-0.05, 0) is 68.2 Å². The fourth-order valence-corrected chi connectivity index (χ4v) is 5.52. The average Bonchev–Trinajstić information content (AvgIpc) is 3.02. The van der Waals surface area contributed by atoms with Gasteiger partial charge in [0, 0.05) is 48.1 Å². The lowest BCUT2D eigenvalue weighted by molar-refractivity contribution is -0.139. The lowest BCUT2D eigenvalue weighted by Crippen LogP contribution is -2.56. The lowest BCUT2D eigenvalue weighted by Gasteiger charge is -2.39. The highest BCUT2D eigenvalue weighted by Gasteiger charge is 2.33. The second-order valence-electron chi connectivity index (χ2n) is 14.4. The molecule has 17 heteroatoms. The van der Waals surface area contributed by atoms with Crippen molar-refractivity contribution in [3.63, 3.8) is 0 Å². The minimum atomic E-state index is -0.318. The maximum atomic E-state index is 9.60. The summed E-state index contributed by atoms with van der Waals surface area (Å²) in [5, 5.41) is 17.5. The van der Waals surface area contributed by atoms with Gasteiger partial charge in [-0.2, -0.15) is 0 Å². The third-order valence-corrected chi connectivity index (χ3v) is 8.59. The predicted molar refractivity (Wildman–Crippen MR) is 194 cm³/mol. The second kappa shape index (κ2) is 21.9. The van der Waals surface area contributed by atoms with Crippen LogP contribution in [0.5, 0.6) is 5.88 Å². The van der Waals surface area contributed by atoms with Crippen LogP contribution in [0.15, 0.2) is 12.7 Å². The van der Waals surface area contributed by atoms with Crippen molar-refractivity contribution in [1.29, 1.82) is 0 Å². The minimum Gasteiger partial charge on any atom is -0.474 e. The highest BCUT2D eigenvalue weighted by Crippen LogP contribution is 2.26. The lowest BCUT2D eigenvalue weighted by atomic mass is 9.95. The Morgan fingerprint density at radius 1 is 0.686 bits per heavy atom. The third-order valence-electron chi connectivity index (χ3n) is 7.45. The number of nitrogens with one attached hydrogen (secondary N) is 2. The summed E-state index contributed by atoms with van der Waals surface area (Å²) < 4.78 is 25.9. The van der Waals surface area contributed by atoms with Crippen molar-refractivity contribution < 1.29 is 38.4 Å². The number of rotatable bonds is 4. The van der Waals surface area contributed by atoms with Gasteiger partial charge in [0.25, 0.3) is 12.9 Å². The number of ether oxygens (including phenoxy) is 5. The van der Waals surface area contributed by atoms with E-state index in [-0.39, 0.29) is 23.4 Å². The first-order chi connectivity index (χ1) is 23.9. The molecule has 4 aliphatic rings. The summed E-state index contributed by atoms with van der Waals surface area (Å²) in [6.45, 7) is 18.6. The summed E-state index contributed by atoms with van der Waals surface area (Å²) >= 11 is 17.1. The fraction of sp³-hybridized carbons (Fsp3) is 0.706. The molecule has 0 aliphatic carbocycles. The summed E-state index contributed by atoms with van der Waals surface area (Å²) in [6.07, 6.45) is 6.45. The maximum Gasteiger partial charge on any atom is 0.293 e. The van der Waals surface area contributed by atoms with Gasteiger partial charge >= 0.3 is 0 Å². The van der Waals surface area contributed by atoms with Crippen molar-refractivity contribution in [2.75, 3.05) is 26.4 Å². The molecule has 2 aromatic rings. The molecule has 4 saturated heterocycles.